The van der Waals surface area contributed by atoms with E-state index in [1.54, 1.807) is 0 Å². The summed E-state index contributed by atoms with van der Waals surface area (Å²) in [5, 5.41) is 0. The molecule has 0 aliphatic carbocycles. The van der Waals surface area contributed by atoms with Gasteiger partial charge in [-0.2, -0.15) is 0 Å². The van der Waals surface area contributed by atoms with Crippen LogP contribution in [0.25, 0.3) is 11.1 Å². The smallest absolute Gasteiger partial charge is 0.243 e. The lowest BCUT2D eigenvalue weighted by Crippen LogP contribution is -2.23. The highest BCUT2D eigenvalue weighted by Gasteiger charge is 2.04. The molecule has 0 saturated carbocycles. The van der Waals surface area contributed by atoms with Gasteiger partial charge in [-0.1, -0.05) is 24.3 Å². The third-order valence-corrected chi connectivity index (χ3v) is 6.70. The Kier molecular flexibility index (Phi) is 10.1. The van der Waals surface area contributed by atoms with E-state index in [-0.39, 0.29) is 9.79 Å². The van der Waals surface area contributed by atoms with Crippen molar-refractivity contribution in [3.8, 4) is 11.1 Å². The van der Waals surface area contributed by atoms with Crippen molar-refractivity contribution < 1.29 is 35.1 Å². The van der Waals surface area contributed by atoms with Crippen molar-refractivity contribution >= 4 is 20.2 Å². The van der Waals surface area contributed by atoms with Crippen molar-refractivity contribution in [1.29, 1.82) is 0 Å². The lowest BCUT2D eigenvalue weighted by atomic mass is 10.1. The Morgan fingerprint density at radius 2 is 0.944 bits per heavy atom. The second kappa shape index (κ2) is 12.6. The number of imidazole rings is 2. The van der Waals surface area contributed by atoms with E-state index in [0.29, 0.717) is 11.1 Å². The van der Waals surface area contributed by atoms with Crippen LogP contribution in [0.2, 0.25) is 0 Å². The maximum Gasteiger partial charge on any atom is 0.243 e. The minimum absolute atomic E-state index is 0.347. The molecule has 0 N–H and O–H groups in total. The summed E-state index contributed by atoms with van der Waals surface area (Å²) < 4.78 is 73.0. The molecule has 0 amide bonds. The van der Waals surface area contributed by atoms with E-state index >= 15 is 0 Å². The number of benzene rings is 2. The molecule has 0 spiro atoms. The van der Waals surface area contributed by atoms with Gasteiger partial charge >= 0.3 is 0 Å². The van der Waals surface area contributed by atoms with Gasteiger partial charge in [0.1, 0.15) is 45.0 Å². The molecule has 12 heteroatoms. The normalized spacial score (nSPS) is 11.2. The maximum atomic E-state index is 10.8. The standard InChI is InChI=1S/C12H10O6S2.2C6H11N2/c13-19(14,15)11-5-1-9(2-6-11)10-3-7-12(8-4-10)20(16,17)18;2*1-3-8-5-4-7(2)6-8/h1-8H,(H,13,14,15)(H,16,17,18);2*4-6H,3H2,1-2H3/q;2*+1/p-2. The molecule has 0 bridgehead atoms. The van der Waals surface area contributed by atoms with Crippen molar-refractivity contribution in [3.05, 3.63) is 86.0 Å². The first-order valence-corrected chi connectivity index (χ1v) is 13.8. The van der Waals surface area contributed by atoms with E-state index in [2.05, 4.69) is 48.0 Å². The van der Waals surface area contributed by atoms with Crippen LogP contribution >= 0.6 is 0 Å². The molecule has 0 aliphatic heterocycles. The molecule has 4 rings (SSSR count). The number of hydrogen-bond donors (Lipinski definition) is 0. The molecule has 0 aliphatic rings. The monoisotopic (exact) mass is 534 g/mol. The Bertz CT molecular complexity index is 1340. The summed E-state index contributed by atoms with van der Waals surface area (Å²) in [7, 11) is -4.96. The minimum atomic E-state index is -4.50. The van der Waals surface area contributed by atoms with E-state index in [1.807, 2.05) is 35.6 Å². The molecule has 36 heavy (non-hydrogen) atoms. The lowest BCUT2D eigenvalue weighted by molar-refractivity contribution is -0.671. The summed E-state index contributed by atoms with van der Waals surface area (Å²) in [6.07, 6.45) is 12.3. The van der Waals surface area contributed by atoms with Crippen LogP contribution in [0.4, 0.5) is 0 Å². The number of aryl methyl sites for hydroxylation is 4. The van der Waals surface area contributed by atoms with Crippen LogP contribution in [-0.2, 0) is 47.4 Å². The number of aromatic nitrogens is 4. The fraction of sp³-hybridized carbons (Fsp3) is 0.250. The Balaban J connectivity index is 0.000000232. The average Bonchev–Trinajstić information content (AvgIpc) is 3.46. The highest BCUT2D eigenvalue weighted by molar-refractivity contribution is 7.86. The molecule has 2 aromatic heterocycles. The number of rotatable bonds is 5. The van der Waals surface area contributed by atoms with Gasteiger partial charge in [-0.3, -0.25) is 0 Å². The van der Waals surface area contributed by atoms with Gasteiger partial charge in [0.2, 0.25) is 12.7 Å². The third kappa shape index (κ3) is 9.04. The molecule has 194 valence electrons. The second-order valence-corrected chi connectivity index (χ2v) is 10.5. The molecule has 4 aromatic rings. The zero-order valence-electron chi connectivity index (χ0n) is 20.6. The van der Waals surface area contributed by atoms with E-state index < -0.39 is 20.2 Å². The Morgan fingerprint density at radius 3 is 1.11 bits per heavy atom. The molecule has 0 radical (unpaired) electrons. The summed E-state index contributed by atoms with van der Waals surface area (Å²) >= 11 is 0. The summed E-state index contributed by atoms with van der Waals surface area (Å²) in [4.78, 5) is -0.694. The lowest BCUT2D eigenvalue weighted by Gasteiger charge is -2.09. The molecule has 2 aromatic carbocycles. The number of nitrogens with zero attached hydrogens (tertiary/aromatic N) is 4. The Labute approximate surface area is 212 Å². The average molecular weight is 535 g/mol. The molecular formula is C24H30N4O6S2. The van der Waals surface area contributed by atoms with Crippen molar-refractivity contribution in [2.45, 2.75) is 36.7 Å². The topological polar surface area (TPSA) is 132 Å². The van der Waals surface area contributed by atoms with Crippen molar-refractivity contribution in [1.82, 2.24) is 9.13 Å². The summed E-state index contributed by atoms with van der Waals surface area (Å²) in [6.45, 7) is 6.36. The van der Waals surface area contributed by atoms with Crippen LogP contribution in [0.3, 0.4) is 0 Å². The molecule has 0 atom stereocenters. The van der Waals surface area contributed by atoms with E-state index in [0.717, 1.165) is 37.4 Å². The third-order valence-electron chi connectivity index (χ3n) is 5.00. The zero-order valence-corrected chi connectivity index (χ0v) is 22.2. The number of hydrogen-bond acceptors (Lipinski definition) is 6. The highest BCUT2D eigenvalue weighted by atomic mass is 32.2. The molecular weight excluding hydrogens is 504 g/mol. The molecule has 2 heterocycles. The quantitative estimate of drug-likeness (QED) is 0.283. The van der Waals surface area contributed by atoms with Gasteiger partial charge < -0.3 is 9.11 Å². The molecule has 0 saturated heterocycles. The molecule has 0 unspecified atom stereocenters. The van der Waals surface area contributed by atoms with Crippen LogP contribution in [-0.4, -0.2) is 35.1 Å². The van der Waals surface area contributed by atoms with Gasteiger partial charge in [-0.25, -0.2) is 35.1 Å². The first-order chi connectivity index (χ1) is 16.8. The van der Waals surface area contributed by atoms with E-state index in [9.17, 15) is 25.9 Å². The van der Waals surface area contributed by atoms with Gasteiger partial charge in [0.05, 0.1) is 37.0 Å². The second-order valence-electron chi connectivity index (χ2n) is 7.78. The maximum absolute atomic E-state index is 10.8. The van der Waals surface area contributed by atoms with Crippen molar-refractivity contribution in [2.24, 2.45) is 14.1 Å². The van der Waals surface area contributed by atoms with Gasteiger partial charge in [-0.15, -0.1) is 0 Å². The van der Waals surface area contributed by atoms with Crippen LogP contribution in [0, 0.1) is 0 Å². The molecule has 10 nitrogen and oxygen atoms in total. The Morgan fingerprint density at radius 1 is 0.639 bits per heavy atom. The summed E-state index contributed by atoms with van der Waals surface area (Å²) in [5.74, 6) is 0. The molecule has 0 fully saturated rings. The Hall–Kier alpha value is -3.32. The van der Waals surface area contributed by atoms with Gasteiger partial charge in [0.25, 0.3) is 0 Å². The van der Waals surface area contributed by atoms with Gasteiger partial charge in [0.15, 0.2) is 0 Å². The minimum Gasteiger partial charge on any atom is -0.744 e. The van der Waals surface area contributed by atoms with Crippen LogP contribution in [0.1, 0.15) is 13.8 Å². The van der Waals surface area contributed by atoms with Crippen LogP contribution < -0.4 is 9.13 Å². The first kappa shape index (κ1) is 28.9. The van der Waals surface area contributed by atoms with Crippen molar-refractivity contribution in [2.75, 3.05) is 0 Å². The first-order valence-electron chi connectivity index (χ1n) is 11.0. The predicted octanol–water partition coefficient (Wildman–Crippen LogP) is 1.83. The van der Waals surface area contributed by atoms with E-state index in [4.69, 9.17) is 0 Å². The summed E-state index contributed by atoms with van der Waals surface area (Å²) in [6, 6.07) is 10.3. The zero-order chi connectivity index (χ0) is 26.9. The van der Waals surface area contributed by atoms with E-state index in [1.165, 1.54) is 24.3 Å². The fourth-order valence-corrected chi connectivity index (χ4v) is 3.94. The predicted molar refractivity (Wildman–Crippen MR) is 130 cm³/mol. The SMILES string of the molecule is CCn1cc[n+](C)c1.CCn1cc[n+](C)c1.O=S(=O)([O-])c1ccc(-c2ccc(S(=O)(=O)[O-])cc2)cc1. The van der Waals surface area contributed by atoms with Gasteiger partial charge in [-0.05, 0) is 49.2 Å². The highest BCUT2D eigenvalue weighted by Crippen LogP contribution is 2.22. The summed E-state index contributed by atoms with van der Waals surface area (Å²) in [5.41, 5.74) is 1.18. The largest absolute Gasteiger partial charge is 0.744 e. The van der Waals surface area contributed by atoms with Gasteiger partial charge in [0, 0.05) is 0 Å². The van der Waals surface area contributed by atoms with Crippen molar-refractivity contribution in [3.63, 3.8) is 0 Å². The fourth-order valence-electron chi connectivity index (χ4n) is 3.01. The van der Waals surface area contributed by atoms with Crippen LogP contribution in [0.5, 0.6) is 0 Å². The van der Waals surface area contributed by atoms with Crippen LogP contribution in [0.15, 0.2) is 95.8 Å².